The third-order valence-corrected chi connectivity index (χ3v) is 6.09. The highest BCUT2D eigenvalue weighted by Crippen LogP contribution is 2.35. The molecule has 8 atom stereocenters. The maximum absolute atomic E-state index is 6.30. The summed E-state index contributed by atoms with van der Waals surface area (Å²) >= 11 is 0. The Balaban J connectivity index is 1.48. The second-order valence-corrected chi connectivity index (χ2v) is 8.22. The number of ether oxygens (including phenoxy) is 3. The van der Waals surface area contributed by atoms with E-state index in [0.29, 0.717) is 49.4 Å². The van der Waals surface area contributed by atoms with E-state index >= 15 is 0 Å². The number of fused-ring (bicyclic) bond motifs is 4. The van der Waals surface area contributed by atoms with Crippen LogP contribution in [-0.4, -0.2) is 62.5 Å². The molecule has 0 aromatic heterocycles. The van der Waals surface area contributed by atoms with Gasteiger partial charge in [0.2, 0.25) is 0 Å². The summed E-state index contributed by atoms with van der Waals surface area (Å²) in [5, 5.41) is 7.19. The van der Waals surface area contributed by atoms with E-state index in [4.69, 9.17) is 14.2 Å². The summed E-state index contributed by atoms with van der Waals surface area (Å²) in [7, 11) is 0. The summed E-state index contributed by atoms with van der Waals surface area (Å²) in [6.07, 6.45) is 5.87. The Bertz CT molecular complexity index is 441. The lowest BCUT2D eigenvalue weighted by molar-refractivity contribution is -0.0706. The zero-order chi connectivity index (χ0) is 17.2. The molecule has 7 unspecified atom stereocenters. The van der Waals surface area contributed by atoms with E-state index in [9.17, 15) is 0 Å². The van der Waals surface area contributed by atoms with Crippen LogP contribution in [-0.2, 0) is 14.2 Å². The van der Waals surface area contributed by atoms with Gasteiger partial charge in [-0.1, -0.05) is 0 Å². The van der Waals surface area contributed by atoms with Gasteiger partial charge in [-0.2, -0.15) is 0 Å². The highest BCUT2D eigenvalue weighted by molar-refractivity contribution is 5.02. The molecule has 4 rings (SSSR count). The van der Waals surface area contributed by atoms with Gasteiger partial charge in [0.05, 0.1) is 25.4 Å². The SMILES string of the molecule is CC1CC2NC(N1)OCCCOC[C@H](C)OC1CCC3NNC2C3C1. The predicted octanol–water partition coefficient (Wildman–Crippen LogP) is 0.466. The third kappa shape index (κ3) is 4.35. The summed E-state index contributed by atoms with van der Waals surface area (Å²) in [6, 6.07) is 1.82. The highest BCUT2D eigenvalue weighted by Gasteiger charge is 2.45. The maximum atomic E-state index is 6.30. The number of rotatable bonds is 0. The Hall–Kier alpha value is -0.280. The molecule has 1 aliphatic carbocycles. The summed E-state index contributed by atoms with van der Waals surface area (Å²) in [4.78, 5) is 0. The zero-order valence-electron chi connectivity index (χ0n) is 15.5. The largest absolute Gasteiger partial charge is 0.379 e. The molecule has 0 amide bonds. The molecule has 7 heteroatoms. The van der Waals surface area contributed by atoms with E-state index in [-0.39, 0.29) is 12.5 Å². The molecule has 3 aliphatic heterocycles. The van der Waals surface area contributed by atoms with Crippen molar-refractivity contribution < 1.29 is 14.2 Å². The fraction of sp³-hybridized carbons (Fsp3) is 1.00. The molecule has 0 radical (unpaired) electrons. The summed E-state index contributed by atoms with van der Waals surface area (Å²) < 4.78 is 18.1. The molecule has 3 saturated heterocycles. The number of nitrogens with one attached hydrogen (secondary N) is 4. The smallest absolute Gasteiger partial charge is 0.163 e. The molecule has 1 saturated carbocycles. The van der Waals surface area contributed by atoms with Crippen LogP contribution in [0.4, 0.5) is 0 Å². The average molecular weight is 354 g/mol. The first kappa shape index (κ1) is 18.1. The second-order valence-electron chi connectivity index (χ2n) is 8.22. The summed E-state index contributed by atoms with van der Waals surface area (Å²) in [5.41, 5.74) is 7.14. The highest BCUT2D eigenvalue weighted by atomic mass is 16.5. The summed E-state index contributed by atoms with van der Waals surface area (Å²) in [5.74, 6) is 0.598. The van der Waals surface area contributed by atoms with Crippen molar-refractivity contribution in [1.82, 2.24) is 21.5 Å². The van der Waals surface area contributed by atoms with Gasteiger partial charge in [0.1, 0.15) is 0 Å². The molecule has 0 aromatic rings. The normalized spacial score (nSPS) is 49.2. The Morgan fingerprint density at radius 2 is 1.84 bits per heavy atom. The second kappa shape index (κ2) is 8.17. The lowest BCUT2D eigenvalue weighted by Gasteiger charge is -2.41. The first-order valence-corrected chi connectivity index (χ1v) is 10.1. The van der Waals surface area contributed by atoms with Gasteiger partial charge in [-0.15, -0.1) is 0 Å². The lowest BCUT2D eigenvalue weighted by Crippen LogP contribution is -2.64. The average Bonchev–Trinajstić information content (AvgIpc) is 3.00. The molecule has 0 aromatic carbocycles. The Morgan fingerprint density at radius 1 is 0.920 bits per heavy atom. The van der Waals surface area contributed by atoms with Crippen LogP contribution < -0.4 is 21.5 Å². The lowest BCUT2D eigenvalue weighted by atomic mass is 9.77. The van der Waals surface area contributed by atoms with Crippen LogP contribution in [0.5, 0.6) is 0 Å². The van der Waals surface area contributed by atoms with Gasteiger partial charge in [0.25, 0.3) is 0 Å². The first-order valence-electron chi connectivity index (χ1n) is 10.1. The quantitative estimate of drug-likeness (QED) is 0.504. The van der Waals surface area contributed by atoms with Gasteiger partial charge in [-0.05, 0) is 51.9 Å². The molecule has 4 N–H and O–H groups in total. The number of hydrazine groups is 1. The van der Waals surface area contributed by atoms with Crippen LogP contribution in [0.1, 0.15) is 46.0 Å². The Labute approximate surface area is 150 Å². The standard InChI is InChI=1S/C18H34N4O3/c1-11-8-16-17-14-9-13(4-5-15(14)21-22-17)25-12(2)10-23-6-3-7-24-18(19-11)20-16/h11-22H,3-10H2,1-2H3/t11?,12-,13?,14?,15?,16?,17?,18?/m0/s1. The molecule has 144 valence electrons. The zero-order valence-corrected chi connectivity index (χ0v) is 15.5. The Kier molecular flexibility index (Phi) is 5.91. The minimum Gasteiger partial charge on any atom is -0.379 e. The Morgan fingerprint density at radius 3 is 2.76 bits per heavy atom. The van der Waals surface area contributed by atoms with Gasteiger partial charge in [-0.3, -0.25) is 21.5 Å². The van der Waals surface area contributed by atoms with Crippen molar-refractivity contribution in [3.63, 3.8) is 0 Å². The van der Waals surface area contributed by atoms with Crippen LogP contribution in [0.2, 0.25) is 0 Å². The van der Waals surface area contributed by atoms with Crippen LogP contribution in [0.25, 0.3) is 0 Å². The van der Waals surface area contributed by atoms with Gasteiger partial charge in [-0.25, -0.2) is 0 Å². The van der Waals surface area contributed by atoms with Gasteiger partial charge in [0.15, 0.2) is 6.35 Å². The predicted molar refractivity (Wildman–Crippen MR) is 94.8 cm³/mol. The fourth-order valence-corrected chi connectivity index (χ4v) is 4.92. The van der Waals surface area contributed by atoms with E-state index in [1.54, 1.807) is 0 Å². The van der Waals surface area contributed by atoms with E-state index in [1.165, 1.54) is 6.42 Å². The van der Waals surface area contributed by atoms with Crippen molar-refractivity contribution in [2.45, 2.75) is 88.7 Å². The van der Waals surface area contributed by atoms with E-state index in [2.05, 4.69) is 35.3 Å². The molecule has 0 spiro atoms. The van der Waals surface area contributed by atoms with Crippen molar-refractivity contribution in [3.8, 4) is 0 Å². The van der Waals surface area contributed by atoms with Gasteiger partial charge >= 0.3 is 0 Å². The third-order valence-electron chi connectivity index (χ3n) is 6.09. The van der Waals surface area contributed by atoms with Gasteiger partial charge in [0, 0.05) is 30.8 Å². The minimum absolute atomic E-state index is 0.0747. The molecule has 4 aliphatic rings. The molecular weight excluding hydrogens is 320 g/mol. The monoisotopic (exact) mass is 354 g/mol. The van der Waals surface area contributed by atoms with Crippen molar-refractivity contribution in [2.75, 3.05) is 19.8 Å². The van der Waals surface area contributed by atoms with Gasteiger partial charge < -0.3 is 14.2 Å². The molecule has 4 fully saturated rings. The molecule has 4 bridgehead atoms. The van der Waals surface area contributed by atoms with Crippen LogP contribution in [0, 0.1) is 5.92 Å². The molecule has 7 nitrogen and oxygen atoms in total. The van der Waals surface area contributed by atoms with Crippen LogP contribution >= 0.6 is 0 Å². The molecular formula is C18H34N4O3. The van der Waals surface area contributed by atoms with E-state index < -0.39 is 0 Å². The van der Waals surface area contributed by atoms with Crippen molar-refractivity contribution in [1.29, 1.82) is 0 Å². The maximum Gasteiger partial charge on any atom is 0.163 e. The fourth-order valence-electron chi connectivity index (χ4n) is 4.92. The topological polar surface area (TPSA) is 75.8 Å². The minimum atomic E-state index is -0.0747. The number of hydrogen-bond donors (Lipinski definition) is 4. The van der Waals surface area contributed by atoms with E-state index in [0.717, 1.165) is 32.3 Å². The van der Waals surface area contributed by atoms with Crippen molar-refractivity contribution in [2.24, 2.45) is 5.92 Å². The van der Waals surface area contributed by atoms with E-state index in [1.807, 2.05) is 0 Å². The van der Waals surface area contributed by atoms with Crippen molar-refractivity contribution >= 4 is 0 Å². The van der Waals surface area contributed by atoms with Crippen LogP contribution in [0.15, 0.2) is 0 Å². The van der Waals surface area contributed by atoms with Crippen molar-refractivity contribution in [3.05, 3.63) is 0 Å². The van der Waals surface area contributed by atoms with Crippen LogP contribution in [0.3, 0.4) is 0 Å². The summed E-state index contributed by atoms with van der Waals surface area (Å²) in [6.45, 7) is 6.47. The molecule has 25 heavy (non-hydrogen) atoms. The first-order chi connectivity index (χ1) is 12.2. The molecule has 3 heterocycles. The number of hydrogen-bond acceptors (Lipinski definition) is 7.